The molecule has 0 N–H and O–H groups in total. The van der Waals surface area contributed by atoms with Crippen LogP contribution in [0.5, 0.6) is 0 Å². The minimum Gasteiger partial charge on any atom is -0.298 e. The van der Waals surface area contributed by atoms with Crippen molar-refractivity contribution < 1.29 is 44.3 Å². The molecule has 2 unspecified atom stereocenters. The van der Waals surface area contributed by atoms with Gasteiger partial charge in [-0.1, -0.05) is 12.1 Å². The molecule has 1 fully saturated rings. The number of fused-ring (bicyclic) bond motifs is 3. The quantitative estimate of drug-likeness (QED) is 0.205. The Morgan fingerprint density at radius 1 is 1.04 bits per heavy atom. The summed E-state index contributed by atoms with van der Waals surface area (Å²) < 4.78 is 110. The first kappa shape index (κ1) is 30.7. The van der Waals surface area contributed by atoms with Gasteiger partial charge in [-0.3, -0.25) is 19.3 Å². The summed E-state index contributed by atoms with van der Waals surface area (Å²) in [5.74, 6) is -6.04. The summed E-state index contributed by atoms with van der Waals surface area (Å²) in [6, 6.07) is 9.12. The highest BCUT2D eigenvalue weighted by molar-refractivity contribution is 7.90. The molecule has 234 valence electrons. The maximum absolute atomic E-state index is 14.4. The van der Waals surface area contributed by atoms with E-state index in [2.05, 4.69) is 10.1 Å². The van der Waals surface area contributed by atoms with Crippen LogP contribution in [0.4, 0.5) is 26.3 Å². The number of aromatic nitrogens is 3. The fourth-order valence-corrected chi connectivity index (χ4v) is 6.85. The van der Waals surface area contributed by atoms with Gasteiger partial charge >= 0.3 is 6.18 Å². The van der Waals surface area contributed by atoms with Crippen molar-refractivity contribution in [3.05, 3.63) is 100 Å². The number of pyridine rings is 1. The van der Waals surface area contributed by atoms with E-state index in [1.165, 1.54) is 24.4 Å². The molecular formula is C31H23F6N3O4S. The van der Waals surface area contributed by atoms with Crippen LogP contribution in [0.15, 0.2) is 59.6 Å². The highest BCUT2D eigenvalue weighted by atomic mass is 32.2. The Hall–Kier alpha value is -4.33. The number of benzene rings is 2. The number of Topliss-reactive ketones (excluding diaryl/α,β-unsaturated/α-hetero) is 2. The molecule has 0 amide bonds. The van der Waals surface area contributed by atoms with Gasteiger partial charge in [0, 0.05) is 48.3 Å². The van der Waals surface area contributed by atoms with Crippen molar-refractivity contribution >= 4 is 21.4 Å². The summed E-state index contributed by atoms with van der Waals surface area (Å²) in [6.07, 6.45) is -3.01. The van der Waals surface area contributed by atoms with Gasteiger partial charge in [-0.25, -0.2) is 21.6 Å². The summed E-state index contributed by atoms with van der Waals surface area (Å²) in [6.45, 7) is -0.836. The largest absolute Gasteiger partial charge is 0.433 e. The van der Waals surface area contributed by atoms with E-state index in [0.717, 1.165) is 30.5 Å². The van der Waals surface area contributed by atoms with Gasteiger partial charge in [0.05, 0.1) is 17.0 Å². The van der Waals surface area contributed by atoms with Crippen molar-refractivity contribution in [3.63, 3.8) is 0 Å². The Labute approximate surface area is 252 Å². The molecule has 2 aromatic heterocycles. The smallest absolute Gasteiger partial charge is 0.298 e. The predicted octanol–water partition coefficient (Wildman–Crippen LogP) is 6.07. The van der Waals surface area contributed by atoms with Crippen LogP contribution in [0.2, 0.25) is 0 Å². The van der Waals surface area contributed by atoms with Crippen LogP contribution < -0.4 is 0 Å². The number of rotatable bonds is 9. The fraction of sp³-hybridized carbons (Fsp3) is 0.290. The number of carbonyl (C=O) groups is 2. The van der Waals surface area contributed by atoms with E-state index in [4.69, 9.17) is 0 Å². The van der Waals surface area contributed by atoms with Crippen molar-refractivity contribution in [2.45, 2.75) is 48.7 Å². The molecule has 2 aliphatic rings. The number of nitrogens with zero attached hydrogens (tertiary/aromatic N) is 3. The summed E-state index contributed by atoms with van der Waals surface area (Å²) in [5, 5.41) is 4.01. The third-order valence-electron chi connectivity index (χ3n) is 8.04. The first-order valence-corrected chi connectivity index (χ1v) is 15.6. The molecule has 0 saturated heterocycles. The second kappa shape index (κ2) is 10.9. The Morgan fingerprint density at radius 3 is 2.42 bits per heavy atom. The zero-order chi connectivity index (χ0) is 32.4. The maximum Gasteiger partial charge on any atom is 0.433 e. The zero-order valence-electron chi connectivity index (χ0n) is 23.4. The summed E-state index contributed by atoms with van der Waals surface area (Å²) in [4.78, 5) is 29.8. The lowest BCUT2D eigenvalue weighted by Crippen LogP contribution is -2.23. The average molecular weight is 648 g/mol. The molecule has 0 aliphatic heterocycles. The first-order valence-electron chi connectivity index (χ1n) is 13.8. The minimum atomic E-state index is -4.96. The number of hydrogen-bond acceptors (Lipinski definition) is 6. The lowest BCUT2D eigenvalue weighted by Gasteiger charge is -2.20. The Balaban J connectivity index is 1.39. The molecule has 0 spiro atoms. The number of carbonyl (C=O) groups excluding carboxylic acids is 2. The third kappa shape index (κ3) is 5.90. The summed E-state index contributed by atoms with van der Waals surface area (Å²) >= 11 is 0. The fourth-order valence-electron chi connectivity index (χ4n) is 6.08. The number of halogens is 6. The number of sulfone groups is 1. The molecule has 2 aliphatic carbocycles. The van der Waals surface area contributed by atoms with Gasteiger partial charge in [-0.15, -0.1) is 0 Å². The zero-order valence-corrected chi connectivity index (χ0v) is 24.2. The molecule has 3 atom stereocenters. The van der Waals surface area contributed by atoms with Crippen LogP contribution in [-0.2, 0) is 33.8 Å². The Morgan fingerprint density at radius 2 is 1.76 bits per heavy atom. The Kier molecular flexibility index (Phi) is 7.45. The average Bonchev–Trinajstić information content (AvgIpc) is 3.57. The molecule has 14 heteroatoms. The van der Waals surface area contributed by atoms with E-state index in [0.29, 0.717) is 17.2 Å². The van der Waals surface area contributed by atoms with Crippen molar-refractivity contribution in [1.82, 2.24) is 14.8 Å². The molecule has 2 aromatic carbocycles. The SMILES string of the molecule is CS(=O)(=O)c1cc(-c2cccnc2[C@@H](CC(=O)Cn2nc3c(c2C(F)(F)F)C(=O)C2CC32)Cc2cc(F)cc(F)c2)ccc1F. The highest BCUT2D eigenvalue weighted by Crippen LogP contribution is 2.57. The maximum atomic E-state index is 14.4. The molecule has 7 nitrogen and oxygen atoms in total. The van der Waals surface area contributed by atoms with Crippen molar-refractivity contribution in [3.8, 4) is 11.1 Å². The second-order valence-electron chi connectivity index (χ2n) is 11.4. The molecule has 4 aromatic rings. The van der Waals surface area contributed by atoms with E-state index in [-0.39, 0.29) is 34.5 Å². The van der Waals surface area contributed by atoms with Crippen molar-refractivity contribution in [1.29, 1.82) is 0 Å². The van der Waals surface area contributed by atoms with Gasteiger partial charge in [-0.05, 0) is 54.3 Å². The van der Waals surface area contributed by atoms with Gasteiger partial charge < -0.3 is 0 Å². The minimum absolute atomic E-state index is 0.0295. The van der Waals surface area contributed by atoms with E-state index < -0.39 is 91.9 Å². The predicted molar refractivity (Wildman–Crippen MR) is 148 cm³/mol. The van der Waals surface area contributed by atoms with Gasteiger partial charge in [0.1, 0.15) is 28.9 Å². The van der Waals surface area contributed by atoms with Crippen LogP contribution in [0.3, 0.4) is 0 Å². The molecular weight excluding hydrogens is 624 g/mol. The highest BCUT2D eigenvalue weighted by Gasteiger charge is 2.58. The molecule has 2 heterocycles. The van der Waals surface area contributed by atoms with Gasteiger partial charge in [-0.2, -0.15) is 18.3 Å². The number of alkyl halides is 3. The van der Waals surface area contributed by atoms with Crippen molar-refractivity contribution in [2.24, 2.45) is 5.92 Å². The number of ketones is 2. The van der Waals surface area contributed by atoms with Crippen LogP contribution >= 0.6 is 0 Å². The van der Waals surface area contributed by atoms with Crippen LogP contribution in [0.25, 0.3) is 11.1 Å². The number of hydrogen-bond donors (Lipinski definition) is 0. The lowest BCUT2D eigenvalue weighted by atomic mass is 9.87. The van der Waals surface area contributed by atoms with E-state index >= 15 is 0 Å². The summed E-state index contributed by atoms with van der Waals surface area (Å²) in [5.41, 5.74) is -0.992. The normalized spacial score (nSPS) is 18.1. The van der Waals surface area contributed by atoms with E-state index in [1.807, 2.05) is 0 Å². The molecule has 45 heavy (non-hydrogen) atoms. The third-order valence-corrected chi connectivity index (χ3v) is 9.16. The van der Waals surface area contributed by atoms with Crippen LogP contribution in [0, 0.1) is 23.4 Å². The molecule has 0 radical (unpaired) electrons. The lowest BCUT2D eigenvalue weighted by molar-refractivity contribution is -0.145. The standard InChI is InChI=1S/C31H23F6N3O4S/c1-45(43,44)25-11-16(4-5-24(25)34)21-3-2-6-38-27(21)17(7-15-8-18(32)12-19(33)9-15)10-20(41)14-40-30(31(35,36)37)26-28(39-40)22-13-23(22)29(26)42/h2-6,8-9,11-12,17,22-23H,7,10,13-14H2,1H3/t17-,22?,23?/m1/s1. The van der Waals surface area contributed by atoms with E-state index in [9.17, 15) is 44.3 Å². The Bertz CT molecular complexity index is 1970. The second-order valence-corrected chi connectivity index (χ2v) is 13.3. The monoisotopic (exact) mass is 647 g/mol. The molecule has 0 bridgehead atoms. The van der Waals surface area contributed by atoms with Gasteiger partial charge in [0.2, 0.25) is 0 Å². The van der Waals surface area contributed by atoms with Gasteiger partial charge in [0.25, 0.3) is 0 Å². The van der Waals surface area contributed by atoms with Crippen molar-refractivity contribution in [2.75, 3.05) is 6.26 Å². The van der Waals surface area contributed by atoms with E-state index in [1.54, 1.807) is 0 Å². The summed E-state index contributed by atoms with van der Waals surface area (Å²) in [7, 11) is -3.99. The molecule has 6 rings (SSSR count). The van der Waals surface area contributed by atoms with Crippen LogP contribution in [0.1, 0.15) is 57.7 Å². The topological polar surface area (TPSA) is 99.0 Å². The first-order chi connectivity index (χ1) is 21.1. The van der Waals surface area contributed by atoms with Crippen LogP contribution in [-0.4, -0.2) is 41.0 Å². The molecule has 1 saturated carbocycles. The van der Waals surface area contributed by atoms with Gasteiger partial charge in [0.15, 0.2) is 27.1 Å².